The number of benzene rings is 5. The lowest BCUT2D eigenvalue weighted by Crippen LogP contribution is -2.32. The summed E-state index contributed by atoms with van der Waals surface area (Å²) in [7, 11) is -10.8. The van der Waals surface area contributed by atoms with E-state index in [1.54, 1.807) is 30.3 Å². The Morgan fingerprint density at radius 3 is 1.35 bits per heavy atom. The van der Waals surface area contributed by atoms with E-state index in [4.69, 9.17) is 12.6 Å². The smallest absolute Gasteiger partial charge is 0.425 e. The van der Waals surface area contributed by atoms with Crippen molar-refractivity contribution < 1.29 is 63.6 Å². The van der Waals surface area contributed by atoms with Crippen molar-refractivity contribution in [2.24, 2.45) is 7.05 Å². The number of phenolic OH excluding ortho intramolecular Hbond substituents is 4. The Balaban J connectivity index is 0.00000131. The van der Waals surface area contributed by atoms with Crippen LogP contribution >= 0.6 is 0 Å². The Morgan fingerprint density at radius 2 is 0.912 bits per heavy atom. The molecule has 57 heavy (non-hydrogen) atoms. The molecule has 1 aliphatic rings. The van der Waals surface area contributed by atoms with Crippen molar-refractivity contribution in [1.29, 1.82) is 0 Å². The van der Waals surface area contributed by atoms with Crippen LogP contribution in [0, 0.1) is 0 Å². The summed E-state index contributed by atoms with van der Waals surface area (Å²) in [4.78, 5) is -1.15. The Hall–Kier alpha value is -6.11. The van der Waals surface area contributed by atoms with E-state index >= 15 is 0 Å². The summed E-state index contributed by atoms with van der Waals surface area (Å²) in [5, 5.41) is 47.1. The third-order valence-electron chi connectivity index (χ3n) is 9.66. The van der Waals surface area contributed by atoms with Crippen molar-refractivity contribution >= 4 is 53.9 Å². The number of aromatic nitrogens is 1. The van der Waals surface area contributed by atoms with E-state index < -0.39 is 58.6 Å². The molecule has 0 spiro atoms. The summed E-state index contributed by atoms with van der Waals surface area (Å²) in [6.07, 6.45) is 2.95. The molecule has 0 aliphatic heterocycles. The standard InChI is InChI=1S/C40H33NO10S2.O3S/c1-41-33(12-10-24-5-2-3-8-36(24)41)11-9-23-13-27-15-25-6-4-7-26(37(25)42)16-29-19-34(52(46,47)48)21-31(39(29)44)18-32-22-35(53(49,50)51)20-30(40(32)45)17-28(14-23)38(27)43;1-4(2)3/h2-14,19-22H,15-18H2,1H3,(H5,42,44,45,46,47,48,49,50,51);/p+1. The number of pyridine rings is 1. The predicted molar refractivity (Wildman–Crippen MR) is 207 cm³/mol. The maximum Gasteiger partial charge on any atom is 0.425 e. The van der Waals surface area contributed by atoms with Crippen molar-refractivity contribution in [1.82, 2.24) is 0 Å². The first-order valence-electron chi connectivity index (χ1n) is 16.9. The van der Waals surface area contributed by atoms with Crippen molar-refractivity contribution in [3.05, 3.63) is 147 Å². The van der Waals surface area contributed by atoms with Crippen molar-refractivity contribution in [2.75, 3.05) is 0 Å². The summed E-state index contributed by atoms with van der Waals surface area (Å²) in [5.41, 5.74) is 3.78. The molecule has 1 heterocycles. The molecule has 5 aromatic carbocycles. The first-order chi connectivity index (χ1) is 26.8. The van der Waals surface area contributed by atoms with E-state index in [0.29, 0.717) is 27.8 Å². The van der Waals surface area contributed by atoms with E-state index in [9.17, 15) is 46.4 Å². The molecule has 0 saturated carbocycles. The molecule has 1 aliphatic carbocycles. The van der Waals surface area contributed by atoms with Crippen LogP contribution in [0.3, 0.4) is 0 Å². The van der Waals surface area contributed by atoms with E-state index in [1.165, 1.54) is 0 Å². The Kier molecular flexibility index (Phi) is 11.2. The van der Waals surface area contributed by atoms with Gasteiger partial charge in [0, 0.05) is 71.5 Å². The molecule has 6 aromatic rings. The van der Waals surface area contributed by atoms with Gasteiger partial charge in [-0.05, 0) is 82.4 Å². The van der Waals surface area contributed by atoms with Crippen LogP contribution < -0.4 is 4.57 Å². The molecule has 14 nitrogen and oxygen atoms in total. The van der Waals surface area contributed by atoms with Crippen LogP contribution in [0.2, 0.25) is 0 Å². The number of rotatable bonds is 4. The maximum absolute atomic E-state index is 12.5. The minimum absolute atomic E-state index is 0.000945. The zero-order chi connectivity index (χ0) is 41.4. The number of fused-ring (bicyclic) bond motifs is 9. The molecule has 0 amide bonds. The van der Waals surface area contributed by atoms with Gasteiger partial charge in [-0.3, -0.25) is 9.11 Å². The van der Waals surface area contributed by atoms with Gasteiger partial charge in [-0.2, -0.15) is 21.4 Å². The summed E-state index contributed by atoms with van der Waals surface area (Å²) < 4.78 is 96.9. The number of phenols is 4. The molecular formula is C40H34NO13S3+. The van der Waals surface area contributed by atoms with Gasteiger partial charge >= 0.3 is 10.6 Å². The minimum atomic E-state index is -4.84. The lowest BCUT2D eigenvalue weighted by atomic mass is 9.90. The van der Waals surface area contributed by atoms with E-state index in [1.807, 2.05) is 60.2 Å². The zero-order valence-corrected chi connectivity index (χ0v) is 32.3. The van der Waals surface area contributed by atoms with Gasteiger partial charge in [0.1, 0.15) is 30.0 Å². The lowest BCUT2D eigenvalue weighted by molar-refractivity contribution is -0.646. The number of aryl methyl sites for hydroxylation is 1. The third-order valence-corrected chi connectivity index (χ3v) is 11.3. The molecule has 7 rings (SSSR count). The zero-order valence-electron chi connectivity index (χ0n) is 29.9. The van der Waals surface area contributed by atoms with Gasteiger partial charge in [0.25, 0.3) is 20.2 Å². The van der Waals surface area contributed by atoms with Crippen LogP contribution in [-0.2, 0) is 63.6 Å². The molecular weight excluding hydrogens is 799 g/mol. The largest absolute Gasteiger partial charge is 0.507 e. The van der Waals surface area contributed by atoms with E-state index in [2.05, 4.69) is 0 Å². The van der Waals surface area contributed by atoms with Crippen LogP contribution in [0.15, 0.2) is 101 Å². The average Bonchev–Trinajstić information content (AvgIpc) is 3.13. The number of nitrogens with zero attached hydrogens (tertiary/aromatic N) is 1. The average molecular weight is 833 g/mol. The normalized spacial score (nSPS) is 12.9. The van der Waals surface area contributed by atoms with Gasteiger partial charge in [0.2, 0.25) is 11.2 Å². The molecule has 17 heteroatoms. The monoisotopic (exact) mass is 832 g/mol. The Morgan fingerprint density at radius 1 is 0.526 bits per heavy atom. The molecule has 294 valence electrons. The summed E-state index contributed by atoms with van der Waals surface area (Å²) in [6, 6.07) is 24.4. The molecule has 0 unspecified atom stereocenters. The van der Waals surface area contributed by atoms with Gasteiger partial charge in [-0.1, -0.05) is 30.3 Å². The fourth-order valence-electron chi connectivity index (χ4n) is 6.91. The number of hydrogen-bond acceptors (Lipinski definition) is 11. The Labute approximate surface area is 328 Å². The number of aromatic hydroxyl groups is 4. The van der Waals surface area contributed by atoms with Crippen LogP contribution in [0.25, 0.3) is 23.1 Å². The van der Waals surface area contributed by atoms with Crippen molar-refractivity contribution in [3.63, 3.8) is 0 Å². The fourth-order valence-corrected chi connectivity index (χ4v) is 8.07. The number of para-hydroxylation sites is 2. The van der Waals surface area contributed by atoms with Crippen LogP contribution in [0.4, 0.5) is 0 Å². The van der Waals surface area contributed by atoms with Gasteiger partial charge in [0.15, 0.2) is 0 Å². The fraction of sp³-hybridized carbons (Fsp3) is 0.125. The predicted octanol–water partition coefficient (Wildman–Crippen LogP) is 4.82. The highest BCUT2D eigenvalue weighted by Gasteiger charge is 2.24. The lowest BCUT2D eigenvalue weighted by Gasteiger charge is -2.18. The molecule has 0 atom stereocenters. The highest BCUT2D eigenvalue weighted by atomic mass is 32.2. The highest BCUT2D eigenvalue weighted by molar-refractivity contribution is 7.86. The van der Waals surface area contributed by atoms with Crippen LogP contribution in [-0.4, -0.2) is 59.0 Å². The molecule has 6 N–H and O–H groups in total. The van der Waals surface area contributed by atoms with Crippen LogP contribution in [0.5, 0.6) is 23.0 Å². The van der Waals surface area contributed by atoms with Gasteiger partial charge in [-0.25, -0.2) is 0 Å². The SMILES string of the molecule is C[n+]1c(/C=C/c2cc3c(O)c(c2)Cc2cc(S(=O)(=O)O)cc(c2O)Cc2cc(S(=O)(=O)O)cc(c2O)Cc2cccc(c2O)C3)ccc2ccccc21.O=S(=O)=O. The highest BCUT2D eigenvalue weighted by Crippen LogP contribution is 2.39. The van der Waals surface area contributed by atoms with Crippen molar-refractivity contribution in [2.45, 2.75) is 35.5 Å². The summed E-state index contributed by atoms with van der Waals surface area (Å²) in [6.45, 7) is 0. The Bertz CT molecular complexity index is 2980. The second-order valence-electron chi connectivity index (χ2n) is 13.4. The molecule has 0 radical (unpaired) electrons. The second kappa shape index (κ2) is 15.8. The molecule has 0 fully saturated rings. The van der Waals surface area contributed by atoms with E-state index in [0.717, 1.165) is 40.9 Å². The third kappa shape index (κ3) is 8.98. The first-order valence-corrected chi connectivity index (χ1v) is 20.8. The summed E-state index contributed by atoms with van der Waals surface area (Å²) in [5.74, 6) is -1.14. The topological polar surface area (TPSA) is 245 Å². The molecule has 1 aromatic heterocycles. The van der Waals surface area contributed by atoms with E-state index in [-0.39, 0.29) is 53.0 Å². The molecule has 0 saturated heterocycles. The molecule has 8 bridgehead atoms. The second-order valence-corrected chi connectivity index (χ2v) is 16.6. The first kappa shape index (κ1) is 40.6. The van der Waals surface area contributed by atoms with Crippen molar-refractivity contribution in [3.8, 4) is 23.0 Å². The summed E-state index contributed by atoms with van der Waals surface area (Å²) >= 11 is 0. The van der Waals surface area contributed by atoms with Gasteiger partial charge in [0.05, 0.1) is 9.79 Å². The number of hydrogen-bond donors (Lipinski definition) is 6. The quantitative estimate of drug-likeness (QED) is 0.103. The van der Waals surface area contributed by atoms with Crippen LogP contribution in [0.1, 0.15) is 55.8 Å². The van der Waals surface area contributed by atoms with Gasteiger partial charge < -0.3 is 20.4 Å². The minimum Gasteiger partial charge on any atom is -0.507 e. The van der Waals surface area contributed by atoms with Gasteiger partial charge in [-0.15, -0.1) is 12.6 Å². The maximum atomic E-state index is 12.5.